The highest BCUT2D eigenvalue weighted by Crippen LogP contribution is 2.50. The highest BCUT2D eigenvalue weighted by Gasteiger charge is 2.24. The van der Waals surface area contributed by atoms with E-state index in [-0.39, 0.29) is 0 Å². The van der Waals surface area contributed by atoms with E-state index in [1.807, 2.05) is 11.3 Å². The molecule has 0 amide bonds. The minimum absolute atomic E-state index is 1.16. The van der Waals surface area contributed by atoms with Crippen molar-refractivity contribution in [3.05, 3.63) is 176 Å². The second-order valence-corrected chi connectivity index (χ2v) is 13.5. The molecule has 2 heteroatoms. The maximum Gasteiger partial charge on any atom is 0.0640 e. The van der Waals surface area contributed by atoms with E-state index in [0.717, 1.165) is 5.69 Å². The van der Waals surface area contributed by atoms with Gasteiger partial charge < -0.3 is 4.90 Å². The minimum atomic E-state index is 1.16. The molecule has 0 bridgehead atoms. The first kappa shape index (κ1) is 27.2. The molecular formula is C46H29NS. The van der Waals surface area contributed by atoms with Gasteiger partial charge in [-0.15, -0.1) is 11.3 Å². The summed E-state index contributed by atoms with van der Waals surface area (Å²) in [4.78, 5) is 2.53. The van der Waals surface area contributed by atoms with Gasteiger partial charge in [0.15, 0.2) is 0 Å². The molecule has 0 spiro atoms. The first-order chi connectivity index (χ1) is 23.8. The Balaban J connectivity index is 1.35. The molecule has 9 aromatic carbocycles. The molecule has 0 radical (unpaired) electrons. The Morgan fingerprint density at radius 2 is 0.917 bits per heavy atom. The lowest BCUT2D eigenvalue weighted by molar-refractivity contribution is 1.32. The van der Waals surface area contributed by atoms with Gasteiger partial charge in [-0.05, 0) is 61.5 Å². The highest BCUT2D eigenvalue weighted by atomic mass is 32.1. The third-order valence-electron chi connectivity index (χ3n) is 9.81. The molecule has 0 aliphatic carbocycles. The van der Waals surface area contributed by atoms with Crippen LogP contribution in [0, 0.1) is 0 Å². The molecule has 0 aliphatic rings. The van der Waals surface area contributed by atoms with Crippen molar-refractivity contribution in [2.24, 2.45) is 0 Å². The summed E-state index contributed by atoms with van der Waals surface area (Å²) in [6.07, 6.45) is 0. The van der Waals surface area contributed by atoms with Gasteiger partial charge in [-0.2, -0.15) is 0 Å². The summed E-state index contributed by atoms with van der Waals surface area (Å²) in [7, 11) is 0. The zero-order valence-corrected chi connectivity index (χ0v) is 26.9. The summed E-state index contributed by atoms with van der Waals surface area (Å²) in [5.41, 5.74) is 5.91. The van der Waals surface area contributed by atoms with Crippen molar-refractivity contribution >= 4 is 91.7 Å². The number of fused-ring (bicyclic) bond motifs is 10. The van der Waals surface area contributed by atoms with Crippen LogP contribution in [0.4, 0.5) is 17.1 Å². The van der Waals surface area contributed by atoms with Crippen LogP contribution in [0.3, 0.4) is 0 Å². The molecule has 10 rings (SSSR count). The largest absolute Gasteiger partial charge is 0.308 e. The molecule has 10 aromatic rings. The van der Waals surface area contributed by atoms with Crippen LogP contribution in [0.2, 0.25) is 0 Å². The molecule has 0 saturated carbocycles. The average Bonchev–Trinajstić information content (AvgIpc) is 3.55. The fourth-order valence-electron chi connectivity index (χ4n) is 7.65. The van der Waals surface area contributed by atoms with Gasteiger partial charge >= 0.3 is 0 Å². The third kappa shape index (κ3) is 4.10. The molecule has 0 N–H and O–H groups in total. The topological polar surface area (TPSA) is 3.24 Å². The zero-order valence-electron chi connectivity index (χ0n) is 26.1. The predicted molar refractivity (Wildman–Crippen MR) is 209 cm³/mol. The summed E-state index contributed by atoms with van der Waals surface area (Å²) in [6.45, 7) is 0. The van der Waals surface area contributed by atoms with Gasteiger partial charge in [0.1, 0.15) is 0 Å². The lowest BCUT2D eigenvalue weighted by Crippen LogP contribution is -2.12. The van der Waals surface area contributed by atoms with Crippen LogP contribution in [0.25, 0.3) is 74.4 Å². The van der Waals surface area contributed by atoms with Gasteiger partial charge in [-0.1, -0.05) is 158 Å². The lowest BCUT2D eigenvalue weighted by atomic mass is 9.94. The van der Waals surface area contributed by atoms with Crippen LogP contribution >= 0.6 is 11.3 Å². The highest BCUT2D eigenvalue weighted by molar-refractivity contribution is 7.27. The van der Waals surface area contributed by atoms with E-state index < -0.39 is 0 Å². The minimum Gasteiger partial charge on any atom is -0.308 e. The molecule has 0 atom stereocenters. The molecule has 48 heavy (non-hydrogen) atoms. The SMILES string of the molecule is c1ccc(-c2ccccc2N(c2cc3ccc4ccccc4c3c3ccccc23)c2cccc3c2sc2c4ccccc4ccc32)cc1. The number of rotatable bonds is 4. The van der Waals surface area contributed by atoms with Crippen LogP contribution in [-0.2, 0) is 0 Å². The first-order valence-corrected chi connectivity index (χ1v) is 17.3. The van der Waals surface area contributed by atoms with Gasteiger partial charge in [0.2, 0.25) is 0 Å². The Morgan fingerprint density at radius 1 is 0.333 bits per heavy atom. The summed E-state index contributed by atoms with van der Waals surface area (Å²) in [5.74, 6) is 0. The van der Waals surface area contributed by atoms with E-state index >= 15 is 0 Å². The fraction of sp³-hybridized carbons (Fsp3) is 0. The van der Waals surface area contributed by atoms with Crippen molar-refractivity contribution < 1.29 is 0 Å². The number of para-hydroxylation sites is 1. The van der Waals surface area contributed by atoms with E-state index in [4.69, 9.17) is 0 Å². The average molecular weight is 628 g/mol. The number of hydrogen-bond donors (Lipinski definition) is 0. The molecule has 0 aliphatic heterocycles. The lowest BCUT2D eigenvalue weighted by Gasteiger charge is -2.30. The van der Waals surface area contributed by atoms with E-state index in [1.165, 1.54) is 85.8 Å². The Bertz CT molecular complexity index is 2850. The van der Waals surface area contributed by atoms with E-state index in [0.29, 0.717) is 0 Å². The van der Waals surface area contributed by atoms with Crippen molar-refractivity contribution in [2.75, 3.05) is 4.90 Å². The summed E-state index contributed by atoms with van der Waals surface area (Å²) in [6, 6.07) is 64.4. The number of benzene rings is 9. The molecular weight excluding hydrogens is 599 g/mol. The molecule has 0 saturated heterocycles. The van der Waals surface area contributed by atoms with Gasteiger partial charge in [-0.25, -0.2) is 0 Å². The van der Waals surface area contributed by atoms with Crippen molar-refractivity contribution in [1.82, 2.24) is 0 Å². The Labute approximate surface area is 282 Å². The molecule has 0 fully saturated rings. The van der Waals surface area contributed by atoms with Crippen LogP contribution in [0.5, 0.6) is 0 Å². The van der Waals surface area contributed by atoms with E-state index in [2.05, 4.69) is 181 Å². The summed E-state index contributed by atoms with van der Waals surface area (Å²) < 4.78 is 2.62. The maximum absolute atomic E-state index is 2.53. The predicted octanol–water partition coefficient (Wildman–Crippen LogP) is 13.8. The van der Waals surface area contributed by atoms with Crippen molar-refractivity contribution in [3.8, 4) is 11.1 Å². The molecule has 1 nitrogen and oxygen atoms in total. The standard InChI is InChI=1S/C46H29NS/c1-2-13-30(14-3-1)34-17-10-11-23-41(34)47(42-24-12-22-39-40-28-27-32-16-5-7-19-36(32)45(40)48-46(39)42)43-29-33-26-25-31-15-4-6-18-35(31)44(33)38-21-9-8-20-37(38)43/h1-29H. The Morgan fingerprint density at radius 3 is 1.77 bits per heavy atom. The summed E-state index contributed by atoms with van der Waals surface area (Å²) >= 11 is 1.91. The molecule has 224 valence electrons. The number of nitrogens with zero attached hydrogens (tertiary/aromatic N) is 1. The van der Waals surface area contributed by atoms with Crippen LogP contribution in [-0.4, -0.2) is 0 Å². The van der Waals surface area contributed by atoms with Crippen molar-refractivity contribution in [3.63, 3.8) is 0 Å². The van der Waals surface area contributed by atoms with Crippen LogP contribution < -0.4 is 4.90 Å². The number of hydrogen-bond acceptors (Lipinski definition) is 2. The monoisotopic (exact) mass is 627 g/mol. The van der Waals surface area contributed by atoms with Gasteiger partial charge in [0, 0.05) is 26.4 Å². The fourth-order valence-corrected chi connectivity index (χ4v) is 8.99. The summed E-state index contributed by atoms with van der Waals surface area (Å²) in [5, 5.41) is 12.8. The first-order valence-electron chi connectivity index (χ1n) is 16.4. The second-order valence-electron chi connectivity index (χ2n) is 12.5. The quantitative estimate of drug-likeness (QED) is 0.176. The van der Waals surface area contributed by atoms with E-state index in [1.54, 1.807) is 0 Å². The second kappa shape index (κ2) is 10.8. The molecule has 1 aromatic heterocycles. The van der Waals surface area contributed by atoms with Crippen LogP contribution in [0.1, 0.15) is 0 Å². The van der Waals surface area contributed by atoms with Crippen LogP contribution in [0.15, 0.2) is 176 Å². The van der Waals surface area contributed by atoms with Gasteiger partial charge in [0.05, 0.1) is 21.8 Å². The van der Waals surface area contributed by atoms with E-state index in [9.17, 15) is 0 Å². The van der Waals surface area contributed by atoms with Crippen molar-refractivity contribution in [2.45, 2.75) is 0 Å². The van der Waals surface area contributed by atoms with Crippen molar-refractivity contribution in [1.29, 1.82) is 0 Å². The maximum atomic E-state index is 2.53. The van der Waals surface area contributed by atoms with Gasteiger partial charge in [-0.3, -0.25) is 0 Å². The normalized spacial score (nSPS) is 11.8. The number of thiophene rings is 1. The number of anilines is 3. The third-order valence-corrected chi connectivity index (χ3v) is 11.1. The Kier molecular flexibility index (Phi) is 6.12. The smallest absolute Gasteiger partial charge is 0.0640 e. The molecule has 1 heterocycles. The Hall–Kier alpha value is -5.96. The zero-order chi connectivity index (χ0) is 31.6. The van der Waals surface area contributed by atoms with Gasteiger partial charge in [0.25, 0.3) is 0 Å². The molecule has 0 unspecified atom stereocenters.